The second kappa shape index (κ2) is 3.37. The van der Waals surface area contributed by atoms with Gasteiger partial charge in [-0.1, -0.05) is 6.07 Å². The van der Waals surface area contributed by atoms with Gasteiger partial charge in [-0.3, -0.25) is 10.1 Å². The van der Waals surface area contributed by atoms with E-state index in [1.54, 1.807) is 0 Å². The topological polar surface area (TPSA) is 47.2 Å². The van der Waals surface area contributed by atoms with Crippen LogP contribution in [0.3, 0.4) is 0 Å². The van der Waals surface area contributed by atoms with Crippen LogP contribution in [0.4, 0.5) is 5.95 Å². The Morgan fingerprint density at radius 3 is 2.69 bits per heavy atom. The lowest BCUT2D eigenvalue weighted by Gasteiger charge is -2.00. The molecule has 0 aliphatic carbocycles. The third-order valence-electron chi connectivity index (χ3n) is 2.38. The highest BCUT2D eigenvalue weighted by Gasteiger charge is 2.03. The second-order valence-electron chi connectivity index (χ2n) is 3.57. The fourth-order valence-electron chi connectivity index (χ4n) is 1.61. The van der Waals surface area contributed by atoms with Gasteiger partial charge in [0.1, 0.15) is 0 Å². The largest absolute Gasteiger partial charge is 0.268 e. The van der Waals surface area contributed by atoms with Crippen molar-refractivity contribution in [3.63, 3.8) is 0 Å². The predicted molar refractivity (Wildman–Crippen MR) is 61.2 cm³/mol. The molecule has 3 heterocycles. The van der Waals surface area contributed by atoms with E-state index >= 15 is 0 Å². The van der Waals surface area contributed by atoms with Crippen LogP contribution in [-0.4, -0.2) is 19.3 Å². The van der Waals surface area contributed by atoms with Crippen LogP contribution in [0.1, 0.15) is 5.69 Å². The number of fused-ring (bicyclic) bond motifs is 1. The monoisotopic (exact) mass is 213 g/mol. The molecule has 0 amide bonds. The summed E-state index contributed by atoms with van der Waals surface area (Å²) in [4.78, 5) is 4.37. The van der Waals surface area contributed by atoms with E-state index in [0.29, 0.717) is 5.95 Å². The van der Waals surface area contributed by atoms with Gasteiger partial charge >= 0.3 is 0 Å². The Morgan fingerprint density at radius 1 is 1.12 bits per heavy atom. The van der Waals surface area contributed by atoms with Crippen LogP contribution in [0.2, 0.25) is 0 Å². The molecule has 16 heavy (non-hydrogen) atoms. The SMILES string of the molecule is Cc1cccc2nc(Nn3cccc3)nn12. The van der Waals surface area contributed by atoms with Gasteiger partial charge in [0.05, 0.1) is 0 Å². The van der Waals surface area contributed by atoms with Gasteiger partial charge in [-0.05, 0) is 31.2 Å². The lowest BCUT2D eigenvalue weighted by atomic mass is 10.4. The van der Waals surface area contributed by atoms with Crippen molar-refractivity contribution in [3.8, 4) is 0 Å². The number of nitrogens with zero attached hydrogens (tertiary/aromatic N) is 4. The molecule has 0 saturated heterocycles. The van der Waals surface area contributed by atoms with Crippen LogP contribution in [0, 0.1) is 6.92 Å². The average molecular weight is 213 g/mol. The molecule has 0 atom stereocenters. The van der Waals surface area contributed by atoms with Crippen molar-refractivity contribution in [1.82, 2.24) is 19.3 Å². The maximum atomic E-state index is 4.37. The summed E-state index contributed by atoms with van der Waals surface area (Å²) in [6.07, 6.45) is 3.80. The molecule has 0 saturated carbocycles. The zero-order valence-corrected chi connectivity index (χ0v) is 8.83. The van der Waals surface area contributed by atoms with Gasteiger partial charge in [-0.15, -0.1) is 5.10 Å². The molecular formula is C11H11N5. The molecule has 1 N–H and O–H groups in total. The molecule has 0 fully saturated rings. The molecule has 5 heteroatoms. The molecule has 0 spiro atoms. The molecule has 80 valence electrons. The third-order valence-corrected chi connectivity index (χ3v) is 2.38. The molecule has 0 unspecified atom stereocenters. The van der Waals surface area contributed by atoms with Crippen LogP contribution in [0.15, 0.2) is 42.7 Å². The third kappa shape index (κ3) is 1.42. The minimum absolute atomic E-state index is 0.588. The number of hydrogen-bond donors (Lipinski definition) is 1. The Kier molecular flexibility index (Phi) is 1.89. The molecule has 0 radical (unpaired) electrons. The van der Waals surface area contributed by atoms with E-state index in [0.717, 1.165) is 11.3 Å². The van der Waals surface area contributed by atoms with Crippen LogP contribution >= 0.6 is 0 Å². The molecule has 3 rings (SSSR count). The van der Waals surface area contributed by atoms with E-state index < -0.39 is 0 Å². The van der Waals surface area contributed by atoms with Gasteiger partial charge in [-0.25, -0.2) is 4.52 Å². The molecular weight excluding hydrogens is 202 g/mol. The van der Waals surface area contributed by atoms with E-state index in [-0.39, 0.29) is 0 Å². The van der Waals surface area contributed by atoms with Crippen LogP contribution in [0.5, 0.6) is 0 Å². The van der Waals surface area contributed by atoms with Crippen LogP contribution < -0.4 is 5.43 Å². The van der Waals surface area contributed by atoms with Crippen molar-refractivity contribution in [2.24, 2.45) is 0 Å². The predicted octanol–water partition coefficient (Wildman–Crippen LogP) is 1.71. The van der Waals surface area contributed by atoms with E-state index in [9.17, 15) is 0 Å². The maximum Gasteiger partial charge on any atom is 0.262 e. The standard InChI is InChI=1S/C11H11N5/c1-9-5-4-6-10-12-11(14-16(9)10)13-15-7-2-3-8-15/h2-8H,1H3,(H,13,14). The molecule has 0 aliphatic heterocycles. The van der Waals surface area contributed by atoms with Crippen molar-refractivity contribution >= 4 is 11.6 Å². The molecule has 5 nitrogen and oxygen atoms in total. The average Bonchev–Trinajstić information content (AvgIpc) is 2.88. The molecule has 0 aromatic carbocycles. The van der Waals surface area contributed by atoms with Gasteiger partial charge in [0.2, 0.25) is 0 Å². The van der Waals surface area contributed by atoms with Gasteiger partial charge in [0, 0.05) is 18.1 Å². The Morgan fingerprint density at radius 2 is 1.94 bits per heavy atom. The lowest BCUT2D eigenvalue weighted by Crippen LogP contribution is -2.07. The minimum Gasteiger partial charge on any atom is -0.268 e. The van der Waals surface area contributed by atoms with Crippen LogP contribution in [0.25, 0.3) is 5.65 Å². The van der Waals surface area contributed by atoms with E-state index in [1.165, 1.54) is 0 Å². The van der Waals surface area contributed by atoms with E-state index in [2.05, 4.69) is 15.5 Å². The zero-order valence-electron chi connectivity index (χ0n) is 8.83. The smallest absolute Gasteiger partial charge is 0.262 e. The summed E-state index contributed by atoms with van der Waals surface area (Å²) >= 11 is 0. The highest BCUT2D eigenvalue weighted by molar-refractivity contribution is 5.44. The Bertz CT molecular complexity index is 608. The van der Waals surface area contributed by atoms with Gasteiger partial charge in [-0.2, -0.15) is 4.98 Å². The van der Waals surface area contributed by atoms with Gasteiger partial charge < -0.3 is 0 Å². The first-order chi connectivity index (χ1) is 7.83. The Balaban J connectivity index is 2.02. The fraction of sp³-hybridized carbons (Fsp3) is 0.0909. The number of nitrogens with one attached hydrogen (secondary N) is 1. The normalized spacial score (nSPS) is 10.8. The van der Waals surface area contributed by atoms with Crippen molar-refractivity contribution in [3.05, 3.63) is 48.4 Å². The summed E-state index contributed by atoms with van der Waals surface area (Å²) in [6.45, 7) is 2.00. The van der Waals surface area contributed by atoms with E-state index in [4.69, 9.17) is 0 Å². The van der Waals surface area contributed by atoms with Gasteiger partial charge in [0.15, 0.2) is 5.65 Å². The number of anilines is 1. The molecule has 0 aliphatic rings. The summed E-state index contributed by atoms with van der Waals surface area (Å²) in [5.41, 5.74) is 4.98. The summed E-state index contributed by atoms with van der Waals surface area (Å²) in [7, 11) is 0. The van der Waals surface area contributed by atoms with Crippen molar-refractivity contribution in [2.45, 2.75) is 6.92 Å². The number of rotatable bonds is 2. The first-order valence-electron chi connectivity index (χ1n) is 5.05. The quantitative estimate of drug-likeness (QED) is 0.705. The Hall–Kier alpha value is -2.30. The summed E-state index contributed by atoms with van der Waals surface area (Å²) < 4.78 is 3.62. The Labute approximate surface area is 92.3 Å². The number of pyridine rings is 1. The van der Waals surface area contributed by atoms with Crippen LogP contribution in [-0.2, 0) is 0 Å². The first kappa shape index (κ1) is 8.96. The molecule has 0 bridgehead atoms. The fourth-order valence-corrected chi connectivity index (χ4v) is 1.61. The number of aryl methyl sites for hydroxylation is 1. The highest BCUT2D eigenvalue weighted by Crippen LogP contribution is 2.08. The number of hydrogen-bond acceptors (Lipinski definition) is 3. The second-order valence-corrected chi connectivity index (χ2v) is 3.57. The summed E-state index contributed by atoms with van der Waals surface area (Å²) in [6, 6.07) is 9.78. The van der Waals surface area contributed by atoms with E-state index in [1.807, 2.05) is 58.8 Å². The lowest BCUT2D eigenvalue weighted by molar-refractivity contribution is 0.882. The van der Waals surface area contributed by atoms with Crippen molar-refractivity contribution < 1.29 is 0 Å². The molecule has 3 aromatic rings. The van der Waals surface area contributed by atoms with Gasteiger partial charge in [0.25, 0.3) is 5.95 Å². The minimum atomic E-state index is 0.588. The number of aromatic nitrogens is 4. The maximum absolute atomic E-state index is 4.37. The zero-order chi connectivity index (χ0) is 11.0. The van der Waals surface area contributed by atoms with Crippen molar-refractivity contribution in [1.29, 1.82) is 0 Å². The molecule has 3 aromatic heterocycles. The highest BCUT2D eigenvalue weighted by atomic mass is 15.5. The van der Waals surface area contributed by atoms with Crippen molar-refractivity contribution in [2.75, 3.05) is 5.43 Å². The summed E-state index contributed by atoms with van der Waals surface area (Å²) in [5, 5.41) is 4.36. The first-order valence-corrected chi connectivity index (χ1v) is 5.05. The summed E-state index contributed by atoms with van der Waals surface area (Å²) in [5.74, 6) is 0.588.